The molecule has 1 aromatic heterocycles. The Balaban J connectivity index is 1.42. The van der Waals surface area contributed by atoms with Crippen LogP contribution in [-0.4, -0.2) is 43.9 Å². The highest BCUT2D eigenvalue weighted by Gasteiger charge is 2.29. The summed E-state index contributed by atoms with van der Waals surface area (Å²) in [6.07, 6.45) is 0.799. The van der Waals surface area contributed by atoms with Crippen LogP contribution in [0.2, 0.25) is 0 Å². The summed E-state index contributed by atoms with van der Waals surface area (Å²) < 4.78 is 40.2. The molecule has 1 aliphatic rings. The second-order valence-corrected chi connectivity index (χ2v) is 10.8. The van der Waals surface area contributed by atoms with Gasteiger partial charge in [0.25, 0.3) is 0 Å². The van der Waals surface area contributed by atoms with Crippen molar-refractivity contribution in [3.63, 3.8) is 0 Å². The summed E-state index contributed by atoms with van der Waals surface area (Å²) in [6.45, 7) is 8.31. The van der Waals surface area contributed by atoms with Crippen molar-refractivity contribution in [3.05, 3.63) is 75.5 Å². The lowest BCUT2D eigenvalue weighted by molar-refractivity contribution is 0.384. The first kappa shape index (κ1) is 21.9. The van der Waals surface area contributed by atoms with Crippen LogP contribution >= 0.6 is 11.3 Å². The molecule has 0 unspecified atom stereocenters. The number of aryl methyl sites for hydroxylation is 3. The Hall–Kier alpha value is -2.29. The van der Waals surface area contributed by atoms with Crippen molar-refractivity contribution < 1.29 is 12.8 Å². The largest absolute Gasteiger partial charge is 0.345 e. The van der Waals surface area contributed by atoms with E-state index in [1.165, 1.54) is 50.8 Å². The molecule has 0 atom stereocenters. The van der Waals surface area contributed by atoms with Gasteiger partial charge in [0.05, 0.1) is 10.6 Å². The van der Waals surface area contributed by atoms with E-state index in [9.17, 15) is 12.8 Å². The number of piperazine rings is 1. The first-order chi connectivity index (χ1) is 14.7. The third kappa shape index (κ3) is 4.66. The number of rotatable bonds is 5. The van der Waals surface area contributed by atoms with Gasteiger partial charge in [-0.15, -0.1) is 11.3 Å². The zero-order valence-electron chi connectivity index (χ0n) is 17.9. The number of nitrogens with zero attached hydrogens (tertiary/aromatic N) is 3. The lowest BCUT2D eigenvalue weighted by Crippen LogP contribution is -2.48. The molecule has 0 saturated carbocycles. The van der Waals surface area contributed by atoms with Crippen molar-refractivity contribution in [1.82, 2.24) is 9.29 Å². The molecule has 4 rings (SSSR count). The minimum absolute atomic E-state index is 0.128. The Labute approximate surface area is 187 Å². The van der Waals surface area contributed by atoms with Gasteiger partial charge in [-0.1, -0.05) is 17.7 Å². The van der Waals surface area contributed by atoms with Gasteiger partial charge in [-0.3, -0.25) is 0 Å². The molecule has 1 fully saturated rings. The van der Waals surface area contributed by atoms with Crippen molar-refractivity contribution in [3.8, 4) is 0 Å². The normalized spacial score (nSPS) is 15.4. The third-order valence-electron chi connectivity index (χ3n) is 5.70. The lowest BCUT2D eigenvalue weighted by Gasteiger charge is -2.33. The highest BCUT2D eigenvalue weighted by molar-refractivity contribution is 7.89. The molecule has 0 amide bonds. The molecule has 0 aliphatic carbocycles. The monoisotopic (exact) mass is 459 g/mol. The number of thiazole rings is 1. The van der Waals surface area contributed by atoms with Crippen LogP contribution in [0.4, 0.5) is 9.52 Å². The second-order valence-electron chi connectivity index (χ2n) is 8.02. The average Bonchev–Trinajstić information content (AvgIpc) is 3.20. The third-order valence-corrected chi connectivity index (χ3v) is 8.56. The van der Waals surface area contributed by atoms with Gasteiger partial charge in [0.2, 0.25) is 10.0 Å². The molecule has 31 heavy (non-hydrogen) atoms. The van der Waals surface area contributed by atoms with Gasteiger partial charge in [-0.05, 0) is 61.7 Å². The summed E-state index contributed by atoms with van der Waals surface area (Å²) in [5, 5.41) is 3.02. The van der Waals surface area contributed by atoms with Gasteiger partial charge in [0.15, 0.2) is 5.13 Å². The predicted molar refractivity (Wildman–Crippen MR) is 123 cm³/mol. The first-order valence-electron chi connectivity index (χ1n) is 10.3. The number of sulfonamides is 1. The molecule has 2 aromatic carbocycles. The van der Waals surface area contributed by atoms with E-state index in [0.717, 1.165) is 17.2 Å². The highest BCUT2D eigenvalue weighted by Crippen LogP contribution is 2.27. The average molecular weight is 460 g/mol. The summed E-state index contributed by atoms with van der Waals surface area (Å²) in [7, 11) is -3.61. The smallest absolute Gasteiger partial charge is 0.243 e. The number of benzene rings is 2. The maximum atomic E-state index is 13.1. The maximum Gasteiger partial charge on any atom is 0.243 e. The molecule has 8 heteroatoms. The van der Waals surface area contributed by atoms with E-state index in [2.05, 4.69) is 43.2 Å². The molecule has 5 nitrogen and oxygen atoms in total. The Morgan fingerprint density at radius 1 is 1.00 bits per heavy atom. The van der Waals surface area contributed by atoms with E-state index in [4.69, 9.17) is 4.98 Å². The van der Waals surface area contributed by atoms with E-state index in [1.807, 2.05) is 0 Å². The van der Waals surface area contributed by atoms with Crippen molar-refractivity contribution in [2.75, 3.05) is 31.1 Å². The van der Waals surface area contributed by atoms with Crippen LogP contribution in [0.5, 0.6) is 0 Å². The number of aromatic nitrogens is 1. The maximum absolute atomic E-state index is 13.1. The van der Waals surface area contributed by atoms with Gasteiger partial charge in [0, 0.05) is 38.0 Å². The van der Waals surface area contributed by atoms with Gasteiger partial charge < -0.3 is 4.90 Å². The second kappa shape index (κ2) is 8.68. The van der Waals surface area contributed by atoms with E-state index < -0.39 is 15.8 Å². The Morgan fingerprint density at radius 2 is 1.61 bits per heavy atom. The molecule has 3 aromatic rings. The van der Waals surface area contributed by atoms with Crippen molar-refractivity contribution in [1.29, 1.82) is 0 Å². The number of hydrogen-bond donors (Lipinski definition) is 0. The van der Waals surface area contributed by atoms with E-state index in [-0.39, 0.29) is 4.90 Å². The standard InChI is InChI=1S/C23H26FN3O2S2/c1-16-12-17(2)22(18(3)13-16)14-20-15-30-23(25-20)26-8-10-27(11-9-26)31(28,29)21-6-4-19(24)5-7-21/h4-7,12-13,15H,8-11,14H2,1-3H3. The number of hydrogen-bond acceptors (Lipinski definition) is 5. The number of halogens is 1. The molecular weight excluding hydrogens is 433 g/mol. The molecule has 0 spiro atoms. The van der Waals surface area contributed by atoms with Crippen LogP contribution in [0.3, 0.4) is 0 Å². The van der Waals surface area contributed by atoms with Crippen LogP contribution in [0.25, 0.3) is 0 Å². The summed E-state index contributed by atoms with van der Waals surface area (Å²) in [4.78, 5) is 7.09. The summed E-state index contributed by atoms with van der Waals surface area (Å²) in [5.74, 6) is -0.445. The first-order valence-corrected chi connectivity index (χ1v) is 12.6. The fourth-order valence-electron chi connectivity index (χ4n) is 4.07. The quantitative estimate of drug-likeness (QED) is 0.571. The van der Waals surface area contributed by atoms with Gasteiger partial charge in [-0.2, -0.15) is 4.31 Å². The molecule has 0 N–H and O–H groups in total. The fraction of sp³-hybridized carbons (Fsp3) is 0.348. The van der Waals surface area contributed by atoms with Crippen LogP contribution in [-0.2, 0) is 16.4 Å². The van der Waals surface area contributed by atoms with Crippen LogP contribution < -0.4 is 4.90 Å². The Kier molecular flexibility index (Phi) is 6.14. The molecule has 0 radical (unpaired) electrons. The molecule has 164 valence electrons. The topological polar surface area (TPSA) is 53.5 Å². The molecule has 1 saturated heterocycles. The summed E-state index contributed by atoms with van der Waals surface area (Å²) in [6, 6.07) is 9.40. The van der Waals surface area contributed by atoms with Crippen molar-refractivity contribution in [2.45, 2.75) is 32.1 Å². The molecule has 2 heterocycles. The van der Waals surface area contributed by atoms with E-state index >= 15 is 0 Å². The fourth-order valence-corrected chi connectivity index (χ4v) is 6.37. The van der Waals surface area contributed by atoms with Gasteiger partial charge in [-0.25, -0.2) is 17.8 Å². The molecular formula is C23H26FN3O2S2. The molecule has 0 bridgehead atoms. The van der Waals surface area contributed by atoms with Gasteiger partial charge in [0.1, 0.15) is 5.82 Å². The highest BCUT2D eigenvalue weighted by atomic mass is 32.2. The summed E-state index contributed by atoms with van der Waals surface area (Å²) in [5.41, 5.74) is 6.19. The van der Waals surface area contributed by atoms with E-state index in [1.54, 1.807) is 11.3 Å². The number of anilines is 1. The van der Waals surface area contributed by atoms with Crippen LogP contribution in [0, 0.1) is 26.6 Å². The van der Waals surface area contributed by atoms with Gasteiger partial charge >= 0.3 is 0 Å². The SMILES string of the molecule is Cc1cc(C)c(Cc2csc(N3CCN(S(=O)(=O)c4ccc(F)cc4)CC3)n2)c(C)c1. The van der Waals surface area contributed by atoms with Crippen LogP contribution in [0.15, 0.2) is 46.7 Å². The molecule has 1 aliphatic heterocycles. The zero-order chi connectivity index (χ0) is 22.2. The van der Waals surface area contributed by atoms with E-state index in [0.29, 0.717) is 26.2 Å². The predicted octanol–water partition coefficient (Wildman–Crippen LogP) is 4.31. The van der Waals surface area contributed by atoms with Crippen LogP contribution in [0.1, 0.15) is 27.9 Å². The lowest BCUT2D eigenvalue weighted by atomic mass is 9.96. The van der Waals surface area contributed by atoms with Crippen molar-refractivity contribution in [2.24, 2.45) is 0 Å². The minimum Gasteiger partial charge on any atom is -0.345 e. The summed E-state index contributed by atoms with van der Waals surface area (Å²) >= 11 is 1.60. The minimum atomic E-state index is -3.61. The zero-order valence-corrected chi connectivity index (χ0v) is 19.6. The van der Waals surface area contributed by atoms with Crippen molar-refractivity contribution >= 4 is 26.5 Å². The Morgan fingerprint density at radius 3 is 2.23 bits per heavy atom. The Bertz CT molecular complexity index is 1160.